The molecule has 1 heterocycles. The standard InChI is InChI=1S/C16H22N2OS/c1-12-2-4-13(5-3-12)15-11-20-9-8-18(15)10-16(19)17-14-6-7-14/h2-5,14-15H,6-11H2,1H3,(H,17,19)/t15-/m0/s1. The van der Waals surface area contributed by atoms with Crippen LogP contribution in [0.2, 0.25) is 0 Å². The summed E-state index contributed by atoms with van der Waals surface area (Å²) in [5.41, 5.74) is 2.62. The molecule has 1 aromatic carbocycles. The highest BCUT2D eigenvalue weighted by atomic mass is 32.2. The van der Waals surface area contributed by atoms with Crippen LogP contribution < -0.4 is 5.32 Å². The first-order valence-electron chi connectivity index (χ1n) is 7.40. The Labute approximate surface area is 125 Å². The van der Waals surface area contributed by atoms with E-state index < -0.39 is 0 Å². The van der Waals surface area contributed by atoms with E-state index in [1.54, 1.807) is 0 Å². The second kappa shape index (κ2) is 6.19. The van der Waals surface area contributed by atoms with Gasteiger partial charge in [0, 0.05) is 30.1 Å². The summed E-state index contributed by atoms with van der Waals surface area (Å²) in [6.45, 7) is 3.65. The molecule has 1 amide bonds. The van der Waals surface area contributed by atoms with Gasteiger partial charge in [-0.05, 0) is 25.3 Å². The molecule has 2 fully saturated rings. The first-order valence-corrected chi connectivity index (χ1v) is 8.55. The van der Waals surface area contributed by atoms with E-state index in [4.69, 9.17) is 0 Å². The fourth-order valence-electron chi connectivity index (χ4n) is 2.61. The highest BCUT2D eigenvalue weighted by Gasteiger charge is 2.28. The summed E-state index contributed by atoms with van der Waals surface area (Å²) < 4.78 is 0. The van der Waals surface area contributed by atoms with Gasteiger partial charge < -0.3 is 5.32 Å². The van der Waals surface area contributed by atoms with Crippen LogP contribution in [-0.2, 0) is 4.79 Å². The molecule has 3 nitrogen and oxygen atoms in total. The highest BCUT2D eigenvalue weighted by Crippen LogP contribution is 2.29. The molecule has 0 radical (unpaired) electrons. The number of carbonyl (C=O) groups is 1. The van der Waals surface area contributed by atoms with Crippen molar-refractivity contribution < 1.29 is 4.79 Å². The molecular weight excluding hydrogens is 268 g/mol. The first kappa shape index (κ1) is 14.0. The maximum absolute atomic E-state index is 12.0. The second-order valence-electron chi connectivity index (χ2n) is 5.81. The van der Waals surface area contributed by atoms with Crippen LogP contribution in [0.4, 0.5) is 0 Å². The van der Waals surface area contributed by atoms with Gasteiger partial charge in [-0.2, -0.15) is 11.8 Å². The molecule has 0 bridgehead atoms. The number of amides is 1. The van der Waals surface area contributed by atoms with Crippen LogP contribution in [0.1, 0.15) is 30.0 Å². The van der Waals surface area contributed by atoms with Gasteiger partial charge in [-0.15, -0.1) is 0 Å². The van der Waals surface area contributed by atoms with Gasteiger partial charge in [-0.1, -0.05) is 29.8 Å². The van der Waals surface area contributed by atoms with E-state index in [9.17, 15) is 4.79 Å². The van der Waals surface area contributed by atoms with E-state index in [1.807, 2.05) is 11.8 Å². The number of hydrogen-bond donors (Lipinski definition) is 1. The van der Waals surface area contributed by atoms with Crippen molar-refractivity contribution in [3.05, 3.63) is 35.4 Å². The Morgan fingerprint density at radius 2 is 2.10 bits per heavy atom. The van der Waals surface area contributed by atoms with Crippen molar-refractivity contribution in [2.75, 3.05) is 24.6 Å². The average Bonchev–Trinajstić information content (AvgIpc) is 3.24. The Hall–Kier alpha value is -1.00. The number of hydrogen-bond acceptors (Lipinski definition) is 3. The maximum Gasteiger partial charge on any atom is 0.234 e. The molecule has 1 saturated carbocycles. The lowest BCUT2D eigenvalue weighted by molar-refractivity contribution is -0.122. The summed E-state index contributed by atoms with van der Waals surface area (Å²) in [7, 11) is 0. The van der Waals surface area contributed by atoms with Crippen molar-refractivity contribution in [1.82, 2.24) is 10.2 Å². The monoisotopic (exact) mass is 290 g/mol. The minimum atomic E-state index is 0.191. The number of carbonyl (C=O) groups excluding carboxylic acids is 1. The second-order valence-corrected chi connectivity index (χ2v) is 6.96. The molecule has 20 heavy (non-hydrogen) atoms. The Morgan fingerprint density at radius 3 is 2.80 bits per heavy atom. The van der Waals surface area contributed by atoms with Gasteiger partial charge in [-0.3, -0.25) is 9.69 Å². The quantitative estimate of drug-likeness (QED) is 0.924. The smallest absolute Gasteiger partial charge is 0.234 e. The van der Waals surface area contributed by atoms with E-state index in [0.29, 0.717) is 18.6 Å². The fraction of sp³-hybridized carbons (Fsp3) is 0.562. The summed E-state index contributed by atoms with van der Waals surface area (Å²) in [5, 5.41) is 3.09. The molecule has 1 aliphatic carbocycles. The molecule has 1 aliphatic heterocycles. The largest absolute Gasteiger partial charge is 0.352 e. The Bertz CT molecular complexity index is 470. The number of rotatable bonds is 4. The Kier molecular flexibility index (Phi) is 4.32. The van der Waals surface area contributed by atoms with Gasteiger partial charge in [-0.25, -0.2) is 0 Å². The summed E-state index contributed by atoms with van der Waals surface area (Å²) in [4.78, 5) is 14.4. The summed E-state index contributed by atoms with van der Waals surface area (Å²) in [6, 6.07) is 9.57. The van der Waals surface area contributed by atoms with E-state index in [0.717, 1.165) is 30.9 Å². The molecule has 1 atom stereocenters. The number of benzene rings is 1. The fourth-order valence-corrected chi connectivity index (χ4v) is 3.77. The molecule has 4 heteroatoms. The third-order valence-electron chi connectivity index (χ3n) is 3.99. The van der Waals surface area contributed by atoms with Crippen LogP contribution in [0.5, 0.6) is 0 Å². The molecule has 0 spiro atoms. The maximum atomic E-state index is 12.0. The Balaban J connectivity index is 1.66. The number of nitrogens with zero attached hydrogens (tertiary/aromatic N) is 1. The first-order chi connectivity index (χ1) is 9.72. The van der Waals surface area contributed by atoms with Gasteiger partial charge in [0.05, 0.1) is 6.54 Å². The van der Waals surface area contributed by atoms with E-state index >= 15 is 0 Å². The molecule has 1 N–H and O–H groups in total. The zero-order valence-electron chi connectivity index (χ0n) is 12.0. The van der Waals surface area contributed by atoms with Crippen molar-refractivity contribution in [3.8, 4) is 0 Å². The molecule has 0 aromatic heterocycles. The Morgan fingerprint density at radius 1 is 1.35 bits per heavy atom. The van der Waals surface area contributed by atoms with E-state index in [2.05, 4.69) is 41.4 Å². The predicted octanol–water partition coefficient (Wildman–Crippen LogP) is 2.36. The van der Waals surface area contributed by atoms with Crippen LogP contribution in [0.15, 0.2) is 24.3 Å². The molecule has 108 valence electrons. The van der Waals surface area contributed by atoms with Crippen molar-refractivity contribution in [3.63, 3.8) is 0 Å². The lowest BCUT2D eigenvalue weighted by Gasteiger charge is -2.35. The van der Waals surface area contributed by atoms with Crippen LogP contribution in [0.25, 0.3) is 0 Å². The topological polar surface area (TPSA) is 32.3 Å². The highest BCUT2D eigenvalue weighted by molar-refractivity contribution is 7.99. The zero-order valence-corrected chi connectivity index (χ0v) is 12.8. The summed E-state index contributed by atoms with van der Waals surface area (Å²) >= 11 is 1.99. The van der Waals surface area contributed by atoms with Gasteiger partial charge >= 0.3 is 0 Å². The summed E-state index contributed by atoms with van der Waals surface area (Å²) in [5.74, 6) is 2.40. The number of aryl methyl sites for hydroxylation is 1. The zero-order chi connectivity index (χ0) is 13.9. The van der Waals surface area contributed by atoms with Crippen LogP contribution in [0.3, 0.4) is 0 Å². The van der Waals surface area contributed by atoms with Crippen LogP contribution >= 0.6 is 11.8 Å². The minimum absolute atomic E-state index is 0.191. The SMILES string of the molecule is Cc1ccc([C@@H]2CSCCN2CC(=O)NC2CC2)cc1. The third kappa shape index (κ3) is 3.55. The average molecular weight is 290 g/mol. The number of thioether (sulfide) groups is 1. The summed E-state index contributed by atoms with van der Waals surface area (Å²) in [6.07, 6.45) is 2.31. The van der Waals surface area contributed by atoms with Crippen molar-refractivity contribution in [2.24, 2.45) is 0 Å². The lowest BCUT2D eigenvalue weighted by Crippen LogP contribution is -2.43. The van der Waals surface area contributed by atoms with E-state index in [-0.39, 0.29) is 5.91 Å². The van der Waals surface area contributed by atoms with Crippen molar-refractivity contribution >= 4 is 17.7 Å². The molecule has 0 unspecified atom stereocenters. The molecule has 2 aliphatic rings. The van der Waals surface area contributed by atoms with Crippen LogP contribution in [0, 0.1) is 6.92 Å². The van der Waals surface area contributed by atoms with E-state index in [1.165, 1.54) is 11.1 Å². The van der Waals surface area contributed by atoms with Crippen LogP contribution in [-0.4, -0.2) is 41.4 Å². The van der Waals surface area contributed by atoms with Gasteiger partial charge in [0.2, 0.25) is 5.91 Å². The third-order valence-corrected chi connectivity index (χ3v) is 5.01. The van der Waals surface area contributed by atoms with Crippen molar-refractivity contribution in [1.29, 1.82) is 0 Å². The minimum Gasteiger partial charge on any atom is -0.352 e. The molecule has 1 aromatic rings. The van der Waals surface area contributed by atoms with Gasteiger partial charge in [0.1, 0.15) is 0 Å². The molecule has 3 rings (SSSR count). The number of nitrogens with one attached hydrogen (secondary N) is 1. The molecular formula is C16H22N2OS. The van der Waals surface area contributed by atoms with Gasteiger partial charge in [0.15, 0.2) is 0 Å². The van der Waals surface area contributed by atoms with Gasteiger partial charge in [0.25, 0.3) is 0 Å². The lowest BCUT2D eigenvalue weighted by atomic mass is 10.0. The van der Waals surface area contributed by atoms with Crippen molar-refractivity contribution in [2.45, 2.75) is 31.8 Å². The predicted molar refractivity (Wildman–Crippen MR) is 84.0 cm³/mol. The normalized spacial score (nSPS) is 23.6. The molecule has 1 saturated heterocycles.